The second-order valence-corrected chi connectivity index (χ2v) is 18.2. The first kappa shape index (κ1) is 41.2. The van der Waals surface area contributed by atoms with Crippen LogP contribution in [0.25, 0.3) is 10.9 Å². The van der Waals surface area contributed by atoms with Crippen LogP contribution in [0.1, 0.15) is 85.5 Å². The molecule has 2 aliphatic heterocycles. The molecule has 19 heteroatoms. The first-order valence-electron chi connectivity index (χ1n) is 18.9. The summed E-state index contributed by atoms with van der Waals surface area (Å²) in [6, 6.07) is 2.34. The zero-order valence-corrected chi connectivity index (χ0v) is 32.8. The Bertz CT molecular complexity index is 1960. The molecule has 2 saturated heterocycles. The van der Waals surface area contributed by atoms with Crippen LogP contribution in [0, 0.1) is 17.8 Å². The van der Waals surface area contributed by atoms with Crippen molar-refractivity contribution in [3.8, 4) is 11.6 Å². The number of ether oxygens (including phenoxy) is 3. The topological polar surface area (TPSA) is 195 Å². The lowest BCUT2D eigenvalue weighted by Crippen LogP contribution is -2.59. The van der Waals surface area contributed by atoms with Crippen molar-refractivity contribution in [1.82, 2.24) is 30.2 Å². The zero-order chi connectivity index (χ0) is 40.8. The number of methoxy groups -OCH3 is 1. The maximum absolute atomic E-state index is 14.7. The smallest absolute Gasteiger partial charge is 0.427 e. The zero-order valence-electron chi connectivity index (χ0n) is 32.0. The van der Waals surface area contributed by atoms with Crippen molar-refractivity contribution in [2.24, 2.45) is 17.8 Å². The summed E-state index contributed by atoms with van der Waals surface area (Å²) in [5.41, 5.74) is -3.92. The first-order valence-corrected chi connectivity index (χ1v) is 20.5. The average molecular weight is 811 g/mol. The van der Waals surface area contributed by atoms with E-state index < -0.39 is 80.5 Å². The summed E-state index contributed by atoms with van der Waals surface area (Å²) in [5.74, 6) is -2.63. The van der Waals surface area contributed by atoms with Gasteiger partial charge in [-0.25, -0.2) is 23.2 Å². The summed E-state index contributed by atoms with van der Waals surface area (Å²) >= 11 is 0. The van der Waals surface area contributed by atoms with Crippen molar-refractivity contribution in [2.45, 2.75) is 126 Å². The number of benzene rings is 1. The average Bonchev–Trinajstić information content (AvgIpc) is 4.04. The minimum atomic E-state index is -4.91. The van der Waals surface area contributed by atoms with Crippen LogP contribution in [0.5, 0.6) is 11.6 Å². The lowest BCUT2D eigenvalue weighted by atomic mass is 9.87. The van der Waals surface area contributed by atoms with Crippen LogP contribution in [0.2, 0.25) is 0 Å². The Morgan fingerprint density at radius 2 is 1.75 bits per heavy atom. The van der Waals surface area contributed by atoms with Crippen molar-refractivity contribution in [2.75, 3.05) is 13.7 Å². The van der Waals surface area contributed by atoms with Gasteiger partial charge in [0.05, 0.1) is 29.8 Å². The molecule has 4 aliphatic rings. The third kappa shape index (κ3) is 8.76. The van der Waals surface area contributed by atoms with Crippen LogP contribution in [-0.2, 0) is 29.1 Å². The van der Waals surface area contributed by atoms with Crippen LogP contribution in [0.15, 0.2) is 24.5 Å². The van der Waals surface area contributed by atoms with E-state index in [0.29, 0.717) is 69.0 Å². The normalized spacial score (nSPS) is 29.2. The summed E-state index contributed by atoms with van der Waals surface area (Å²) < 4.78 is 85.4. The molecule has 2 saturated carbocycles. The molecular formula is C37H49F3N6O9S. The predicted octanol–water partition coefficient (Wildman–Crippen LogP) is 4.14. The first-order chi connectivity index (χ1) is 26.2. The van der Waals surface area contributed by atoms with Gasteiger partial charge in [0.1, 0.15) is 35.8 Å². The van der Waals surface area contributed by atoms with E-state index in [0.717, 1.165) is 6.42 Å². The maximum Gasteiger partial charge on any atom is 0.427 e. The number of aromatic nitrogens is 2. The number of nitrogens with one attached hydrogen (secondary N) is 3. The molecule has 56 heavy (non-hydrogen) atoms. The Balaban J connectivity index is 1.34. The second-order valence-electron chi connectivity index (χ2n) is 16.2. The van der Waals surface area contributed by atoms with E-state index in [1.165, 1.54) is 18.3 Å². The van der Waals surface area contributed by atoms with Gasteiger partial charge in [-0.3, -0.25) is 19.1 Å². The highest BCUT2D eigenvalue weighted by Gasteiger charge is 2.62. The highest BCUT2D eigenvalue weighted by Crippen LogP contribution is 2.48. The van der Waals surface area contributed by atoms with Gasteiger partial charge in [-0.1, -0.05) is 33.1 Å². The Morgan fingerprint density at radius 3 is 2.43 bits per heavy atom. The van der Waals surface area contributed by atoms with E-state index >= 15 is 0 Å². The van der Waals surface area contributed by atoms with Crippen LogP contribution in [0.3, 0.4) is 0 Å². The fraction of sp³-hybridized carbons (Fsp3) is 0.676. The molecule has 308 valence electrons. The molecule has 2 aromatic rings. The summed E-state index contributed by atoms with van der Waals surface area (Å²) in [7, 11) is -2.45. The predicted molar refractivity (Wildman–Crippen MR) is 195 cm³/mol. The number of alkyl carbamates (subject to hydrolysis) is 1. The van der Waals surface area contributed by atoms with Crippen molar-refractivity contribution in [3.63, 3.8) is 0 Å². The third-order valence-corrected chi connectivity index (χ3v) is 13.2. The molecule has 4 amide bonds. The molecule has 3 heterocycles. The van der Waals surface area contributed by atoms with E-state index in [1.54, 1.807) is 25.1 Å². The third-order valence-electron chi connectivity index (χ3n) is 11.4. The standard InChI is InChI=1S/C37H49F3N6O9S/c1-20-8-6-7-9-22-17-36(22,33(49)45-56(51,52)25-11-12-25)44-30(47)28-16-24(54-31-26-13-10-23(53-5)15-27(26)41-19-42-31)18-46(28)32(48)29(21(2)14-20)43-34(50)55-35(3,4)37(38,39)40/h10,13,15,19-22,24-25,28-29H,6-9,11-12,14,16-18H2,1-5H3,(H,43,50)(H,44,47)(H,45,49)/t20-,21-,22-,24-,28+,29+,36-/m1/s1. The number of hydrogen-bond acceptors (Lipinski definition) is 11. The van der Waals surface area contributed by atoms with Crippen LogP contribution >= 0.6 is 0 Å². The largest absolute Gasteiger partial charge is 0.497 e. The van der Waals surface area contributed by atoms with Gasteiger partial charge in [-0.15, -0.1) is 0 Å². The van der Waals surface area contributed by atoms with Crippen molar-refractivity contribution >= 4 is 44.7 Å². The fourth-order valence-corrected chi connectivity index (χ4v) is 9.13. The van der Waals surface area contributed by atoms with E-state index in [2.05, 4.69) is 25.3 Å². The van der Waals surface area contributed by atoms with Gasteiger partial charge in [-0.2, -0.15) is 13.2 Å². The van der Waals surface area contributed by atoms with E-state index in [1.807, 2.05) is 6.92 Å². The minimum Gasteiger partial charge on any atom is -0.497 e. The van der Waals surface area contributed by atoms with Crippen molar-refractivity contribution in [3.05, 3.63) is 24.5 Å². The molecule has 0 radical (unpaired) electrons. The molecule has 6 rings (SSSR count). The number of sulfonamides is 1. The van der Waals surface area contributed by atoms with E-state index in [9.17, 15) is 40.8 Å². The molecule has 0 unspecified atom stereocenters. The lowest BCUT2D eigenvalue weighted by Gasteiger charge is -2.34. The second kappa shape index (κ2) is 15.5. The summed E-state index contributed by atoms with van der Waals surface area (Å²) in [5, 5.41) is 5.03. The molecule has 1 aromatic carbocycles. The summed E-state index contributed by atoms with van der Waals surface area (Å²) in [4.78, 5) is 65.7. The number of carbonyl (C=O) groups is 4. The van der Waals surface area contributed by atoms with Gasteiger partial charge < -0.3 is 29.7 Å². The van der Waals surface area contributed by atoms with Crippen LogP contribution in [-0.4, -0.2) is 102 Å². The van der Waals surface area contributed by atoms with Gasteiger partial charge in [0.2, 0.25) is 33.3 Å². The highest BCUT2D eigenvalue weighted by atomic mass is 32.2. The summed E-state index contributed by atoms with van der Waals surface area (Å²) in [6.07, 6.45) is -1.98. The Hall–Kier alpha value is -4.42. The van der Waals surface area contributed by atoms with Crippen LogP contribution in [0.4, 0.5) is 18.0 Å². The number of hydrogen-bond donors (Lipinski definition) is 3. The summed E-state index contributed by atoms with van der Waals surface area (Å²) in [6.45, 7) is 4.84. The molecule has 15 nitrogen and oxygen atoms in total. The Labute approximate surface area is 323 Å². The molecule has 4 fully saturated rings. The number of amides is 4. The molecular weight excluding hydrogens is 762 g/mol. The van der Waals surface area contributed by atoms with Crippen molar-refractivity contribution in [1.29, 1.82) is 0 Å². The lowest BCUT2D eigenvalue weighted by molar-refractivity contribution is -0.244. The van der Waals surface area contributed by atoms with Gasteiger partial charge in [0.25, 0.3) is 5.91 Å². The van der Waals surface area contributed by atoms with Gasteiger partial charge in [0, 0.05) is 12.5 Å². The SMILES string of the molecule is COc1ccc2c(O[C@@H]3C[C@H]4C(=O)N[C@]5(C(=O)NS(=O)(=O)C6CC6)C[C@H]5CCCC[C@@H](C)C[C@@H](C)[C@H](NC(=O)OC(C)(C)C(F)(F)F)C(=O)N4C3)ncnc2c1. The van der Waals surface area contributed by atoms with Crippen LogP contribution < -0.4 is 24.8 Å². The molecule has 0 bridgehead atoms. The molecule has 1 aromatic heterocycles. The fourth-order valence-electron chi connectivity index (χ4n) is 7.76. The Kier molecular flexibility index (Phi) is 11.4. The maximum atomic E-state index is 14.7. The number of rotatable bonds is 8. The molecule has 0 spiro atoms. The number of fused-ring (bicyclic) bond motifs is 3. The number of halogens is 3. The van der Waals surface area contributed by atoms with E-state index in [4.69, 9.17) is 14.2 Å². The van der Waals surface area contributed by atoms with Gasteiger partial charge in [0.15, 0.2) is 0 Å². The van der Waals surface area contributed by atoms with Crippen molar-refractivity contribution < 1.29 is 55.0 Å². The molecule has 2 aliphatic carbocycles. The van der Waals surface area contributed by atoms with Gasteiger partial charge >= 0.3 is 12.3 Å². The number of nitrogens with zero attached hydrogens (tertiary/aromatic N) is 3. The number of carbonyl (C=O) groups excluding carboxylic acids is 4. The van der Waals surface area contributed by atoms with Gasteiger partial charge in [-0.05, 0) is 75.8 Å². The quantitative estimate of drug-likeness (QED) is 0.347. The minimum absolute atomic E-state index is 0.0145. The monoisotopic (exact) mass is 810 g/mol. The Morgan fingerprint density at radius 1 is 1.04 bits per heavy atom. The highest BCUT2D eigenvalue weighted by molar-refractivity contribution is 7.91. The van der Waals surface area contributed by atoms with E-state index in [-0.39, 0.29) is 37.1 Å². The number of alkyl halides is 3. The molecule has 3 N–H and O–H groups in total. The molecule has 7 atom stereocenters.